The van der Waals surface area contributed by atoms with Gasteiger partial charge in [0.1, 0.15) is 17.6 Å². The number of nitrogens with zero attached hydrogens (tertiary/aromatic N) is 2. The average molecular weight is 390 g/mol. The third kappa shape index (κ3) is 4.29. The van der Waals surface area contributed by atoms with Gasteiger partial charge in [-0.05, 0) is 41.6 Å². The van der Waals surface area contributed by atoms with E-state index in [1.807, 2.05) is 31.2 Å². The maximum Gasteiger partial charge on any atom is 0.158 e. The van der Waals surface area contributed by atoms with Crippen molar-refractivity contribution in [2.45, 2.75) is 13.5 Å². The molecule has 1 heterocycles. The molecule has 4 nitrogen and oxygen atoms in total. The summed E-state index contributed by atoms with van der Waals surface area (Å²) < 4.78 is 6.40. The number of para-hydroxylation sites is 1. The average Bonchev–Trinajstić information content (AvgIpc) is 2.38. The number of hydrogen-bond acceptors (Lipinski definition) is 4. The van der Waals surface area contributed by atoms with Crippen LogP contribution in [0.2, 0.25) is 5.15 Å². The van der Waals surface area contributed by atoms with Gasteiger partial charge in [0.05, 0.1) is 5.69 Å². The molecule has 0 aliphatic carbocycles. The van der Waals surface area contributed by atoms with Crippen LogP contribution in [0, 0.1) is 3.57 Å². The van der Waals surface area contributed by atoms with Crippen LogP contribution in [0.3, 0.4) is 0 Å². The van der Waals surface area contributed by atoms with Gasteiger partial charge in [-0.1, -0.05) is 23.7 Å². The van der Waals surface area contributed by atoms with E-state index in [1.165, 1.54) is 0 Å². The van der Waals surface area contributed by atoms with Crippen molar-refractivity contribution in [3.8, 4) is 0 Å². The van der Waals surface area contributed by atoms with Crippen molar-refractivity contribution in [1.82, 2.24) is 9.97 Å². The molecule has 0 saturated heterocycles. The smallest absolute Gasteiger partial charge is 0.158 e. The van der Waals surface area contributed by atoms with Crippen LogP contribution in [0.15, 0.2) is 30.3 Å². The van der Waals surface area contributed by atoms with Crippen LogP contribution in [0.1, 0.15) is 12.7 Å². The van der Waals surface area contributed by atoms with Crippen molar-refractivity contribution in [2.24, 2.45) is 0 Å². The van der Waals surface area contributed by atoms with Crippen LogP contribution in [-0.2, 0) is 11.3 Å². The van der Waals surface area contributed by atoms with Gasteiger partial charge in [0.2, 0.25) is 0 Å². The van der Waals surface area contributed by atoms with Gasteiger partial charge in [0, 0.05) is 16.2 Å². The minimum absolute atomic E-state index is 0.359. The lowest BCUT2D eigenvalue weighted by Crippen LogP contribution is -2.03. The van der Waals surface area contributed by atoms with Gasteiger partial charge in [0.15, 0.2) is 5.82 Å². The van der Waals surface area contributed by atoms with Crippen LogP contribution in [0.25, 0.3) is 0 Å². The highest BCUT2D eigenvalue weighted by atomic mass is 127. The van der Waals surface area contributed by atoms with Crippen molar-refractivity contribution >= 4 is 45.7 Å². The Morgan fingerprint density at radius 1 is 1.32 bits per heavy atom. The van der Waals surface area contributed by atoms with Crippen LogP contribution in [0.5, 0.6) is 0 Å². The zero-order valence-corrected chi connectivity index (χ0v) is 13.3. The highest BCUT2D eigenvalue weighted by Gasteiger charge is 2.05. The summed E-state index contributed by atoms with van der Waals surface area (Å²) in [4.78, 5) is 8.50. The summed E-state index contributed by atoms with van der Waals surface area (Å²) in [6, 6.07) is 9.65. The summed E-state index contributed by atoms with van der Waals surface area (Å²) in [6.07, 6.45) is 0. The van der Waals surface area contributed by atoms with Gasteiger partial charge in [-0.25, -0.2) is 9.97 Å². The number of hydrogen-bond donors (Lipinski definition) is 1. The molecule has 2 aromatic rings. The molecule has 0 saturated carbocycles. The summed E-state index contributed by atoms with van der Waals surface area (Å²) in [5, 5.41) is 3.63. The molecule has 0 amide bonds. The molecule has 19 heavy (non-hydrogen) atoms. The minimum atomic E-state index is 0.359. The highest BCUT2D eigenvalue weighted by Crippen LogP contribution is 2.22. The van der Waals surface area contributed by atoms with Crippen LogP contribution in [0.4, 0.5) is 11.5 Å². The molecule has 1 aromatic carbocycles. The van der Waals surface area contributed by atoms with E-state index in [2.05, 4.69) is 37.9 Å². The Morgan fingerprint density at radius 3 is 2.84 bits per heavy atom. The number of aromatic nitrogens is 2. The molecule has 0 spiro atoms. The Hall–Kier alpha value is -0.920. The molecule has 0 aliphatic heterocycles. The number of ether oxygens (including phenoxy) is 1. The molecule has 0 radical (unpaired) electrons. The number of anilines is 2. The second-order valence-corrected chi connectivity index (χ2v) is 5.28. The first-order valence-corrected chi connectivity index (χ1v) is 7.27. The van der Waals surface area contributed by atoms with Gasteiger partial charge in [-0.15, -0.1) is 0 Å². The molecule has 2 rings (SSSR count). The molecule has 1 aromatic heterocycles. The van der Waals surface area contributed by atoms with E-state index in [0.29, 0.717) is 30.0 Å². The Labute approximate surface area is 130 Å². The fourth-order valence-electron chi connectivity index (χ4n) is 1.49. The van der Waals surface area contributed by atoms with Gasteiger partial charge in [-0.2, -0.15) is 0 Å². The highest BCUT2D eigenvalue weighted by molar-refractivity contribution is 14.1. The number of nitrogens with one attached hydrogen (secondary N) is 1. The first-order valence-electron chi connectivity index (χ1n) is 5.82. The van der Waals surface area contributed by atoms with E-state index < -0.39 is 0 Å². The molecule has 0 bridgehead atoms. The minimum Gasteiger partial charge on any atom is -0.374 e. The lowest BCUT2D eigenvalue weighted by molar-refractivity contribution is 0.128. The van der Waals surface area contributed by atoms with E-state index in [4.69, 9.17) is 16.3 Å². The molecule has 100 valence electrons. The first-order chi connectivity index (χ1) is 9.19. The van der Waals surface area contributed by atoms with E-state index in [1.54, 1.807) is 6.07 Å². The normalized spacial score (nSPS) is 10.5. The van der Waals surface area contributed by atoms with Crippen molar-refractivity contribution in [2.75, 3.05) is 11.9 Å². The summed E-state index contributed by atoms with van der Waals surface area (Å²) in [5.41, 5.74) is 0.986. The van der Waals surface area contributed by atoms with Crippen LogP contribution < -0.4 is 5.32 Å². The molecular formula is C13H13ClIN3O. The Balaban J connectivity index is 2.20. The number of benzene rings is 1. The van der Waals surface area contributed by atoms with E-state index >= 15 is 0 Å². The standard InChI is InChI=1S/C13H13ClIN3O/c1-2-19-8-13-17-11(14)7-12(18-13)16-10-6-4-3-5-9(10)15/h3-7H,2,8H2,1H3,(H,16,17,18). The largest absolute Gasteiger partial charge is 0.374 e. The third-order valence-corrected chi connectivity index (χ3v) is 3.45. The zero-order valence-electron chi connectivity index (χ0n) is 10.4. The molecule has 1 N–H and O–H groups in total. The molecule has 0 atom stereocenters. The van der Waals surface area contributed by atoms with Gasteiger partial charge in [-0.3, -0.25) is 0 Å². The predicted octanol–water partition coefficient (Wildman–Crippen LogP) is 4.01. The molecule has 0 aliphatic rings. The Bertz CT molecular complexity index is 565. The topological polar surface area (TPSA) is 47.0 Å². The van der Waals surface area contributed by atoms with Gasteiger partial charge in [0.25, 0.3) is 0 Å². The van der Waals surface area contributed by atoms with Crippen LogP contribution >= 0.6 is 34.2 Å². The summed E-state index contributed by atoms with van der Waals surface area (Å²) in [5.74, 6) is 1.24. The third-order valence-electron chi connectivity index (χ3n) is 2.31. The second-order valence-electron chi connectivity index (χ2n) is 3.73. The Morgan fingerprint density at radius 2 is 2.11 bits per heavy atom. The maximum atomic E-state index is 5.99. The molecule has 6 heteroatoms. The fourth-order valence-corrected chi connectivity index (χ4v) is 2.21. The second kappa shape index (κ2) is 7.02. The Kier molecular flexibility index (Phi) is 5.35. The van der Waals surface area contributed by atoms with E-state index in [0.717, 1.165) is 9.26 Å². The monoisotopic (exact) mass is 389 g/mol. The number of halogens is 2. The van der Waals surface area contributed by atoms with E-state index in [-0.39, 0.29) is 0 Å². The number of rotatable bonds is 5. The van der Waals surface area contributed by atoms with Crippen molar-refractivity contribution < 1.29 is 4.74 Å². The lowest BCUT2D eigenvalue weighted by atomic mass is 10.3. The van der Waals surface area contributed by atoms with Crippen molar-refractivity contribution in [1.29, 1.82) is 0 Å². The summed E-state index contributed by atoms with van der Waals surface area (Å²) >= 11 is 8.25. The van der Waals surface area contributed by atoms with Gasteiger partial charge >= 0.3 is 0 Å². The van der Waals surface area contributed by atoms with E-state index in [9.17, 15) is 0 Å². The fraction of sp³-hybridized carbons (Fsp3) is 0.231. The van der Waals surface area contributed by atoms with Crippen LogP contribution in [-0.4, -0.2) is 16.6 Å². The summed E-state index contributed by atoms with van der Waals surface area (Å²) in [7, 11) is 0. The SMILES string of the molecule is CCOCc1nc(Cl)cc(Nc2ccccc2I)n1. The predicted molar refractivity (Wildman–Crippen MR) is 84.8 cm³/mol. The molecular weight excluding hydrogens is 377 g/mol. The zero-order chi connectivity index (χ0) is 13.7. The molecule has 0 fully saturated rings. The quantitative estimate of drug-likeness (QED) is 0.620. The maximum absolute atomic E-state index is 5.99. The van der Waals surface area contributed by atoms with Crippen molar-refractivity contribution in [3.05, 3.63) is 44.9 Å². The summed E-state index contributed by atoms with van der Waals surface area (Å²) in [6.45, 7) is 2.91. The van der Waals surface area contributed by atoms with Crippen molar-refractivity contribution in [3.63, 3.8) is 0 Å². The first kappa shape index (κ1) is 14.5. The van der Waals surface area contributed by atoms with Gasteiger partial charge < -0.3 is 10.1 Å². The lowest BCUT2D eigenvalue weighted by Gasteiger charge is -2.09. The molecule has 0 unspecified atom stereocenters.